The van der Waals surface area contributed by atoms with Crippen LogP contribution in [0.2, 0.25) is 0 Å². The molecule has 70 valence electrons. The van der Waals surface area contributed by atoms with Crippen LogP contribution < -0.4 is 0 Å². The molecular weight excluding hydrogens is 174 g/mol. The SMILES string of the molecule is C/C=C/n1cc(C=O)c2ccccc21. The second-order valence-electron chi connectivity index (χ2n) is 3.11. The number of nitrogens with zero attached hydrogens (tertiary/aromatic N) is 1. The maximum absolute atomic E-state index is 10.8. The van der Waals surface area contributed by atoms with Crippen LogP contribution >= 0.6 is 0 Å². The molecular formula is C12H11NO. The molecule has 2 aromatic rings. The summed E-state index contributed by atoms with van der Waals surface area (Å²) >= 11 is 0. The van der Waals surface area contributed by atoms with E-state index in [4.69, 9.17) is 0 Å². The number of carbonyl (C=O) groups is 1. The Morgan fingerprint density at radius 3 is 2.79 bits per heavy atom. The number of aldehydes is 1. The minimum absolute atomic E-state index is 0.735. The molecule has 0 unspecified atom stereocenters. The molecule has 2 rings (SSSR count). The molecule has 0 saturated carbocycles. The number of rotatable bonds is 2. The summed E-state index contributed by atoms with van der Waals surface area (Å²) in [6.07, 6.45) is 6.62. The Kier molecular flexibility index (Phi) is 2.19. The van der Waals surface area contributed by atoms with Gasteiger partial charge in [0.2, 0.25) is 0 Å². The van der Waals surface area contributed by atoms with Gasteiger partial charge in [-0.2, -0.15) is 0 Å². The minimum atomic E-state index is 0.735. The van der Waals surface area contributed by atoms with Crippen LogP contribution in [-0.4, -0.2) is 10.9 Å². The molecule has 0 aliphatic rings. The van der Waals surface area contributed by atoms with Crippen molar-refractivity contribution >= 4 is 23.4 Å². The first-order chi connectivity index (χ1) is 6.86. The van der Waals surface area contributed by atoms with E-state index in [0.29, 0.717) is 0 Å². The predicted octanol–water partition coefficient (Wildman–Crippen LogP) is 2.94. The first kappa shape index (κ1) is 8.75. The fourth-order valence-electron chi connectivity index (χ4n) is 1.61. The summed E-state index contributed by atoms with van der Waals surface area (Å²) in [7, 11) is 0. The number of fused-ring (bicyclic) bond motifs is 1. The lowest BCUT2D eigenvalue weighted by molar-refractivity contribution is 0.112. The van der Waals surface area contributed by atoms with Gasteiger partial charge in [0.15, 0.2) is 6.29 Å². The van der Waals surface area contributed by atoms with Crippen LogP contribution in [0.1, 0.15) is 17.3 Å². The van der Waals surface area contributed by atoms with E-state index in [-0.39, 0.29) is 0 Å². The minimum Gasteiger partial charge on any atom is -0.323 e. The highest BCUT2D eigenvalue weighted by molar-refractivity contribution is 5.98. The number of carbonyl (C=O) groups excluding carboxylic acids is 1. The van der Waals surface area contributed by atoms with Crippen LogP contribution in [0.25, 0.3) is 17.1 Å². The summed E-state index contributed by atoms with van der Waals surface area (Å²) in [6, 6.07) is 7.87. The largest absolute Gasteiger partial charge is 0.323 e. The van der Waals surface area contributed by atoms with Crippen LogP contribution in [-0.2, 0) is 0 Å². The predicted molar refractivity (Wildman–Crippen MR) is 58.3 cm³/mol. The number of para-hydroxylation sites is 1. The first-order valence-corrected chi connectivity index (χ1v) is 4.54. The zero-order valence-electron chi connectivity index (χ0n) is 7.97. The molecule has 1 heterocycles. The van der Waals surface area contributed by atoms with E-state index in [2.05, 4.69) is 0 Å². The Morgan fingerprint density at radius 1 is 1.29 bits per heavy atom. The molecule has 14 heavy (non-hydrogen) atoms. The number of hydrogen-bond acceptors (Lipinski definition) is 1. The van der Waals surface area contributed by atoms with Gasteiger partial charge in [-0.1, -0.05) is 24.3 Å². The average molecular weight is 185 g/mol. The molecule has 0 aliphatic heterocycles. The number of allylic oxidation sites excluding steroid dienone is 1. The van der Waals surface area contributed by atoms with Gasteiger partial charge in [0.05, 0.1) is 5.52 Å². The smallest absolute Gasteiger partial charge is 0.152 e. The zero-order valence-corrected chi connectivity index (χ0v) is 7.97. The topological polar surface area (TPSA) is 22.0 Å². The van der Waals surface area contributed by atoms with Gasteiger partial charge in [-0.05, 0) is 13.0 Å². The normalized spacial score (nSPS) is 11.2. The number of benzene rings is 1. The molecule has 2 nitrogen and oxygen atoms in total. The lowest BCUT2D eigenvalue weighted by atomic mass is 10.2. The van der Waals surface area contributed by atoms with Crippen molar-refractivity contribution in [1.82, 2.24) is 4.57 Å². The summed E-state index contributed by atoms with van der Waals surface area (Å²) in [5.41, 5.74) is 1.80. The van der Waals surface area contributed by atoms with Gasteiger partial charge in [-0.25, -0.2) is 0 Å². The van der Waals surface area contributed by atoms with Crippen molar-refractivity contribution in [2.24, 2.45) is 0 Å². The molecule has 1 aromatic heterocycles. The maximum Gasteiger partial charge on any atom is 0.152 e. The van der Waals surface area contributed by atoms with Gasteiger partial charge in [-0.15, -0.1) is 0 Å². The lowest BCUT2D eigenvalue weighted by Crippen LogP contribution is -1.80. The molecule has 0 N–H and O–H groups in total. The monoisotopic (exact) mass is 185 g/mol. The maximum atomic E-state index is 10.8. The molecule has 0 amide bonds. The van der Waals surface area contributed by atoms with Gasteiger partial charge < -0.3 is 4.57 Å². The highest BCUT2D eigenvalue weighted by atomic mass is 16.1. The van der Waals surface area contributed by atoms with Crippen molar-refractivity contribution in [2.75, 3.05) is 0 Å². The summed E-state index contributed by atoms with van der Waals surface area (Å²) < 4.78 is 1.96. The number of aromatic nitrogens is 1. The molecule has 1 aromatic carbocycles. The second-order valence-corrected chi connectivity index (χ2v) is 3.11. The summed E-state index contributed by atoms with van der Waals surface area (Å²) in [5, 5.41) is 1.00. The standard InChI is InChI=1S/C12H11NO/c1-2-7-13-8-10(9-14)11-5-3-4-6-12(11)13/h2-9H,1H3/b7-2+. The van der Waals surface area contributed by atoms with Crippen LogP contribution in [0.15, 0.2) is 36.5 Å². The summed E-state index contributed by atoms with van der Waals surface area (Å²) in [4.78, 5) is 10.8. The number of hydrogen-bond donors (Lipinski definition) is 0. The van der Waals surface area contributed by atoms with Crippen molar-refractivity contribution in [3.63, 3.8) is 0 Å². The molecule has 0 atom stereocenters. The molecule has 0 saturated heterocycles. The molecule has 0 radical (unpaired) electrons. The van der Waals surface area contributed by atoms with E-state index in [9.17, 15) is 4.79 Å². The Morgan fingerprint density at radius 2 is 2.07 bits per heavy atom. The van der Waals surface area contributed by atoms with E-state index >= 15 is 0 Å². The van der Waals surface area contributed by atoms with Crippen molar-refractivity contribution < 1.29 is 4.79 Å². The van der Waals surface area contributed by atoms with Gasteiger partial charge in [0, 0.05) is 23.3 Å². The van der Waals surface area contributed by atoms with E-state index in [1.54, 1.807) is 0 Å². The van der Waals surface area contributed by atoms with Crippen LogP contribution in [0, 0.1) is 0 Å². The third-order valence-electron chi connectivity index (χ3n) is 2.21. The third-order valence-corrected chi connectivity index (χ3v) is 2.21. The first-order valence-electron chi connectivity index (χ1n) is 4.54. The zero-order chi connectivity index (χ0) is 9.97. The Bertz CT molecular complexity index is 494. The van der Waals surface area contributed by atoms with E-state index in [0.717, 1.165) is 22.8 Å². The summed E-state index contributed by atoms with van der Waals surface area (Å²) in [6.45, 7) is 1.95. The molecule has 0 aliphatic carbocycles. The molecule has 0 spiro atoms. The fraction of sp³-hybridized carbons (Fsp3) is 0.0833. The molecule has 0 bridgehead atoms. The highest BCUT2D eigenvalue weighted by Gasteiger charge is 2.04. The van der Waals surface area contributed by atoms with Gasteiger partial charge in [-0.3, -0.25) is 4.79 Å². The van der Waals surface area contributed by atoms with Gasteiger partial charge >= 0.3 is 0 Å². The Hall–Kier alpha value is -1.83. The van der Waals surface area contributed by atoms with E-state index in [1.807, 2.05) is 54.2 Å². The Balaban J connectivity index is 2.79. The lowest BCUT2D eigenvalue weighted by Gasteiger charge is -1.95. The van der Waals surface area contributed by atoms with E-state index in [1.165, 1.54) is 0 Å². The molecule has 0 fully saturated rings. The van der Waals surface area contributed by atoms with Crippen molar-refractivity contribution in [3.05, 3.63) is 42.1 Å². The Labute approximate surface area is 82.5 Å². The van der Waals surface area contributed by atoms with Gasteiger partial charge in [0.1, 0.15) is 0 Å². The van der Waals surface area contributed by atoms with Crippen LogP contribution in [0.4, 0.5) is 0 Å². The average Bonchev–Trinajstić information content (AvgIpc) is 2.58. The van der Waals surface area contributed by atoms with E-state index < -0.39 is 0 Å². The quantitative estimate of drug-likeness (QED) is 0.659. The van der Waals surface area contributed by atoms with Crippen molar-refractivity contribution in [1.29, 1.82) is 0 Å². The van der Waals surface area contributed by atoms with Gasteiger partial charge in [0.25, 0.3) is 0 Å². The third kappa shape index (κ3) is 1.25. The highest BCUT2D eigenvalue weighted by Crippen LogP contribution is 2.19. The second kappa shape index (κ2) is 3.50. The van der Waals surface area contributed by atoms with Crippen LogP contribution in [0.5, 0.6) is 0 Å². The molecule has 2 heteroatoms. The van der Waals surface area contributed by atoms with Crippen molar-refractivity contribution in [2.45, 2.75) is 6.92 Å². The van der Waals surface area contributed by atoms with Crippen LogP contribution in [0.3, 0.4) is 0 Å². The summed E-state index contributed by atoms with van der Waals surface area (Å²) in [5.74, 6) is 0. The fourth-order valence-corrected chi connectivity index (χ4v) is 1.61. The van der Waals surface area contributed by atoms with Crippen molar-refractivity contribution in [3.8, 4) is 0 Å².